The summed E-state index contributed by atoms with van der Waals surface area (Å²) < 4.78 is 27.9. The highest BCUT2D eigenvalue weighted by Gasteiger charge is 2.40. The summed E-state index contributed by atoms with van der Waals surface area (Å²) in [6.07, 6.45) is -1.64. The average molecular weight is 540 g/mol. The van der Waals surface area contributed by atoms with Gasteiger partial charge in [0.05, 0.1) is 25.3 Å². The van der Waals surface area contributed by atoms with Crippen LogP contribution in [0, 0.1) is 0 Å². The number of rotatable bonds is 8. The number of methoxy groups -OCH3 is 2. The average Bonchev–Trinajstić information content (AvgIpc) is 3.38. The highest BCUT2D eigenvalue weighted by Crippen LogP contribution is 2.45. The molecule has 0 radical (unpaired) electrons. The van der Waals surface area contributed by atoms with Crippen LogP contribution in [0.25, 0.3) is 0 Å². The maximum atomic E-state index is 12.9. The summed E-state index contributed by atoms with van der Waals surface area (Å²) in [5.41, 5.74) is 1.56. The SMILES string of the molecule is COc1ccc([C@H]2NC(=O)O[C@H]2c2ccc(OC)cc2OC(=O)c2ccccc2)c(OC(=O)c2ccccc2)c1. The number of ether oxygens (including phenoxy) is 5. The summed E-state index contributed by atoms with van der Waals surface area (Å²) in [4.78, 5) is 38.4. The first-order valence-electron chi connectivity index (χ1n) is 12.3. The second-order valence-corrected chi connectivity index (χ2v) is 8.77. The van der Waals surface area contributed by atoms with Gasteiger partial charge in [-0.3, -0.25) is 0 Å². The van der Waals surface area contributed by atoms with Gasteiger partial charge in [0.25, 0.3) is 0 Å². The molecule has 202 valence electrons. The summed E-state index contributed by atoms with van der Waals surface area (Å²) in [5.74, 6) is 0.0322. The van der Waals surface area contributed by atoms with Gasteiger partial charge in [-0.2, -0.15) is 0 Å². The highest BCUT2D eigenvalue weighted by atomic mass is 16.6. The minimum atomic E-state index is -0.945. The van der Waals surface area contributed by atoms with E-state index in [1.807, 2.05) is 0 Å². The zero-order chi connectivity index (χ0) is 28.1. The van der Waals surface area contributed by atoms with Gasteiger partial charge in [0, 0.05) is 23.3 Å². The first kappa shape index (κ1) is 26.3. The maximum absolute atomic E-state index is 12.9. The molecule has 1 fully saturated rings. The van der Waals surface area contributed by atoms with E-state index in [1.165, 1.54) is 14.2 Å². The zero-order valence-corrected chi connectivity index (χ0v) is 21.7. The van der Waals surface area contributed by atoms with Crippen molar-refractivity contribution in [3.63, 3.8) is 0 Å². The van der Waals surface area contributed by atoms with E-state index in [9.17, 15) is 14.4 Å². The van der Waals surface area contributed by atoms with Crippen LogP contribution in [-0.2, 0) is 4.74 Å². The van der Waals surface area contributed by atoms with Crippen LogP contribution >= 0.6 is 0 Å². The molecule has 0 saturated carbocycles. The zero-order valence-electron chi connectivity index (χ0n) is 21.7. The van der Waals surface area contributed by atoms with E-state index in [2.05, 4.69) is 5.32 Å². The fourth-order valence-electron chi connectivity index (χ4n) is 4.32. The smallest absolute Gasteiger partial charge is 0.408 e. The summed E-state index contributed by atoms with van der Waals surface area (Å²) in [6.45, 7) is 0. The van der Waals surface area contributed by atoms with Gasteiger partial charge < -0.3 is 29.0 Å². The first-order chi connectivity index (χ1) is 19.5. The molecule has 0 aromatic heterocycles. The van der Waals surface area contributed by atoms with Crippen molar-refractivity contribution in [2.24, 2.45) is 0 Å². The largest absolute Gasteiger partial charge is 0.497 e. The number of amides is 1. The quantitative estimate of drug-likeness (QED) is 0.226. The standard InChI is InChI=1S/C31H25NO8/c1-36-21-13-15-23(25(17-21)38-29(33)19-9-5-3-6-10-19)27-28(40-31(35)32-27)24-16-14-22(37-2)18-26(24)39-30(34)20-11-7-4-8-12-20/h3-18,27-28H,1-2H3,(H,32,35)/t27-,28+/m1/s1. The van der Waals surface area contributed by atoms with Gasteiger partial charge in [0.2, 0.25) is 0 Å². The number of hydrogen-bond acceptors (Lipinski definition) is 8. The molecule has 0 spiro atoms. The topological polar surface area (TPSA) is 109 Å². The summed E-state index contributed by atoms with van der Waals surface area (Å²) >= 11 is 0. The molecule has 1 heterocycles. The molecule has 5 rings (SSSR count). The van der Waals surface area contributed by atoms with E-state index in [0.717, 1.165) is 0 Å². The molecular weight excluding hydrogens is 514 g/mol. The number of hydrogen-bond donors (Lipinski definition) is 1. The van der Waals surface area contributed by atoms with Gasteiger partial charge in [-0.05, 0) is 48.5 Å². The van der Waals surface area contributed by atoms with Crippen molar-refractivity contribution < 1.29 is 38.1 Å². The summed E-state index contributed by atoms with van der Waals surface area (Å²) in [7, 11) is 2.98. The fraction of sp³-hybridized carbons (Fsp3) is 0.129. The third kappa shape index (κ3) is 5.58. The van der Waals surface area contributed by atoms with Crippen LogP contribution in [0.3, 0.4) is 0 Å². The molecule has 4 aromatic carbocycles. The molecule has 4 aromatic rings. The molecule has 1 aliphatic heterocycles. The van der Waals surface area contributed by atoms with E-state index < -0.39 is 30.2 Å². The molecule has 2 atom stereocenters. The van der Waals surface area contributed by atoms with Crippen LogP contribution in [-0.4, -0.2) is 32.3 Å². The molecule has 40 heavy (non-hydrogen) atoms. The van der Waals surface area contributed by atoms with Gasteiger partial charge >= 0.3 is 18.0 Å². The van der Waals surface area contributed by atoms with Crippen LogP contribution < -0.4 is 24.3 Å². The van der Waals surface area contributed by atoms with Crippen molar-refractivity contribution >= 4 is 18.0 Å². The molecule has 9 heteroatoms. The van der Waals surface area contributed by atoms with Gasteiger partial charge in [-0.1, -0.05) is 36.4 Å². The Morgan fingerprint density at radius 2 is 1.15 bits per heavy atom. The molecule has 9 nitrogen and oxygen atoms in total. The lowest BCUT2D eigenvalue weighted by molar-refractivity contribution is 0.0712. The van der Waals surface area contributed by atoms with Crippen LogP contribution in [0.5, 0.6) is 23.0 Å². The highest BCUT2D eigenvalue weighted by molar-refractivity contribution is 5.92. The number of benzene rings is 4. The molecule has 0 bridgehead atoms. The van der Waals surface area contributed by atoms with Crippen molar-refractivity contribution in [1.82, 2.24) is 5.32 Å². The Hall–Kier alpha value is -5.31. The number of esters is 2. The number of nitrogens with one attached hydrogen (secondary N) is 1. The Labute approximate surface area is 230 Å². The van der Waals surface area contributed by atoms with Gasteiger partial charge in [0.1, 0.15) is 29.0 Å². The van der Waals surface area contributed by atoms with Crippen molar-refractivity contribution in [3.05, 3.63) is 119 Å². The third-order valence-electron chi connectivity index (χ3n) is 6.32. The van der Waals surface area contributed by atoms with Crippen LogP contribution in [0.2, 0.25) is 0 Å². The molecular formula is C31H25NO8. The van der Waals surface area contributed by atoms with E-state index >= 15 is 0 Å². The lowest BCUT2D eigenvalue weighted by Crippen LogP contribution is -2.22. The predicted octanol–water partition coefficient (Wildman–Crippen LogP) is 5.66. The molecule has 0 unspecified atom stereocenters. The third-order valence-corrected chi connectivity index (χ3v) is 6.32. The summed E-state index contributed by atoms with van der Waals surface area (Å²) in [6, 6.07) is 26.0. The van der Waals surface area contributed by atoms with Crippen molar-refractivity contribution in [2.45, 2.75) is 12.1 Å². The number of cyclic esters (lactones) is 1. The van der Waals surface area contributed by atoms with E-state index in [4.69, 9.17) is 23.7 Å². The van der Waals surface area contributed by atoms with E-state index in [1.54, 1.807) is 97.1 Å². The van der Waals surface area contributed by atoms with E-state index in [-0.39, 0.29) is 11.5 Å². The first-order valence-corrected chi connectivity index (χ1v) is 12.3. The molecule has 1 N–H and O–H groups in total. The monoisotopic (exact) mass is 539 g/mol. The van der Waals surface area contributed by atoms with Gasteiger partial charge in [-0.25, -0.2) is 14.4 Å². The lowest BCUT2D eigenvalue weighted by atomic mass is 9.94. The molecule has 1 aliphatic rings. The Morgan fingerprint density at radius 3 is 1.65 bits per heavy atom. The van der Waals surface area contributed by atoms with E-state index in [0.29, 0.717) is 33.8 Å². The van der Waals surface area contributed by atoms with Crippen molar-refractivity contribution in [1.29, 1.82) is 0 Å². The maximum Gasteiger partial charge on any atom is 0.408 e. The van der Waals surface area contributed by atoms with Crippen molar-refractivity contribution in [3.8, 4) is 23.0 Å². The molecule has 0 aliphatic carbocycles. The minimum absolute atomic E-state index is 0.149. The number of carbonyl (C=O) groups excluding carboxylic acids is 3. The Kier molecular flexibility index (Phi) is 7.63. The minimum Gasteiger partial charge on any atom is -0.497 e. The Balaban J connectivity index is 1.53. The second kappa shape index (κ2) is 11.6. The summed E-state index contributed by atoms with van der Waals surface area (Å²) in [5, 5.41) is 2.79. The van der Waals surface area contributed by atoms with Gasteiger partial charge in [-0.15, -0.1) is 0 Å². The Morgan fingerprint density at radius 1 is 0.675 bits per heavy atom. The van der Waals surface area contributed by atoms with Gasteiger partial charge in [0.15, 0.2) is 6.10 Å². The normalized spacial score (nSPS) is 15.9. The molecule has 1 amide bonds. The second-order valence-electron chi connectivity index (χ2n) is 8.77. The van der Waals surface area contributed by atoms with Crippen molar-refractivity contribution in [2.75, 3.05) is 14.2 Å². The van der Waals surface area contributed by atoms with Crippen LogP contribution in [0.15, 0.2) is 97.1 Å². The van der Waals surface area contributed by atoms with Crippen LogP contribution in [0.4, 0.5) is 4.79 Å². The number of alkyl carbamates (subject to hydrolysis) is 1. The number of carbonyl (C=O) groups is 3. The molecule has 1 saturated heterocycles. The fourth-order valence-corrected chi connectivity index (χ4v) is 4.32. The predicted molar refractivity (Wildman–Crippen MR) is 144 cm³/mol. The lowest BCUT2D eigenvalue weighted by Gasteiger charge is -2.22. The Bertz CT molecular complexity index is 1420. The van der Waals surface area contributed by atoms with Crippen LogP contribution in [0.1, 0.15) is 44.0 Å².